The van der Waals surface area contributed by atoms with Crippen molar-refractivity contribution in [2.24, 2.45) is 5.73 Å². The summed E-state index contributed by atoms with van der Waals surface area (Å²) in [6.45, 7) is 1.83. The standard InChI is InChI=1S/C11H12BrN3O/c1-7(13)11-14-10(16-15-11)6-8-4-2-3-5-9(8)12/h2-5,7H,6,13H2,1H3. The topological polar surface area (TPSA) is 64.9 Å². The van der Waals surface area contributed by atoms with Gasteiger partial charge in [0.15, 0.2) is 5.82 Å². The molecule has 1 aromatic heterocycles. The van der Waals surface area contributed by atoms with E-state index in [0.29, 0.717) is 18.1 Å². The Morgan fingerprint density at radius 3 is 2.81 bits per heavy atom. The van der Waals surface area contributed by atoms with Gasteiger partial charge in [-0.15, -0.1) is 0 Å². The van der Waals surface area contributed by atoms with Crippen molar-refractivity contribution in [3.8, 4) is 0 Å². The molecular formula is C11H12BrN3O. The minimum absolute atomic E-state index is 0.197. The summed E-state index contributed by atoms with van der Waals surface area (Å²) in [5.41, 5.74) is 6.77. The van der Waals surface area contributed by atoms with E-state index >= 15 is 0 Å². The van der Waals surface area contributed by atoms with Crippen molar-refractivity contribution < 1.29 is 4.52 Å². The molecule has 2 N–H and O–H groups in total. The fraction of sp³-hybridized carbons (Fsp3) is 0.273. The summed E-state index contributed by atoms with van der Waals surface area (Å²) in [6, 6.07) is 7.74. The molecule has 5 heteroatoms. The molecule has 0 aliphatic carbocycles. The first-order valence-electron chi connectivity index (χ1n) is 4.98. The Morgan fingerprint density at radius 2 is 2.19 bits per heavy atom. The first-order valence-corrected chi connectivity index (χ1v) is 5.77. The van der Waals surface area contributed by atoms with E-state index in [9.17, 15) is 0 Å². The smallest absolute Gasteiger partial charge is 0.231 e. The van der Waals surface area contributed by atoms with E-state index in [-0.39, 0.29) is 6.04 Å². The predicted molar refractivity (Wildman–Crippen MR) is 63.8 cm³/mol. The molecule has 0 spiro atoms. The van der Waals surface area contributed by atoms with Crippen molar-refractivity contribution in [3.05, 3.63) is 46.0 Å². The average Bonchev–Trinajstić information content (AvgIpc) is 2.70. The van der Waals surface area contributed by atoms with E-state index < -0.39 is 0 Å². The second-order valence-electron chi connectivity index (χ2n) is 3.60. The maximum atomic E-state index is 5.66. The summed E-state index contributed by atoms with van der Waals surface area (Å²) in [5.74, 6) is 1.13. The molecule has 1 heterocycles. The number of halogens is 1. The number of nitrogens with zero attached hydrogens (tertiary/aromatic N) is 2. The second kappa shape index (κ2) is 4.76. The number of rotatable bonds is 3. The van der Waals surface area contributed by atoms with E-state index in [1.54, 1.807) is 0 Å². The zero-order chi connectivity index (χ0) is 11.5. The molecule has 2 aromatic rings. The minimum atomic E-state index is -0.197. The number of nitrogens with two attached hydrogens (primary N) is 1. The third-order valence-corrected chi connectivity index (χ3v) is 2.96. The molecule has 0 aliphatic rings. The van der Waals surface area contributed by atoms with Gasteiger partial charge in [-0.25, -0.2) is 0 Å². The average molecular weight is 282 g/mol. The van der Waals surface area contributed by atoms with E-state index in [1.165, 1.54) is 0 Å². The van der Waals surface area contributed by atoms with Gasteiger partial charge in [0, 0.05) is 4.47 Å². The molecule has 0 saturated carbocycles. The molecule has 84 valence electrons. The highest BCUT2D eigenvalue weighted by Gasteiger charge is 2.11. The predicted octanol–water partition coefficient (Wildman–Crippen LogP) is 2.44. The Labute approximate surface area is 102 Å². The van der Waals surface area contributed by atoms with E-state index in [0.717, 1.165) is 10.0 Å². The molecule has 0 fully saturated rings. The van der Waals surface area contributed by atoms with Crippen LogP contribution >= 0.6 is 15.9 Å². The Bertz CT molecular complexity index is 482. The summed E-state index contributed by atoms with van der Waals surface area (Å²) in [7, 11) is 0. The third-order valence-electron chi connectivity index (χ3n) is 2.19. The zero-order valence-electron chi connectivity index (χ0n) is 8.85. The lowest BCUT2D eigenvalue weighted by Crippen LogP contribution is -2.06. The molecule has 0 bridgehead atoms. The SMILES string of the molecule is CC(N)c1noc(Cc2ccccc2Br)n1. The fourth-order valence-corrected chi connectivity index (χ4v) is 1.75. The van der Waals surface area contributed by atoms with Crippen LogP contribution in [-0.2, 0) is 6.42 Å². The molecule has 2 rings (SSSR count). The molecule has 0 aliphatic heterocycles. The third kappa shape index (κ3) is 2.48. The molecule has 16 heavy (non-hydrogen) atoms. The molecule has 0 amide bonds. The highest BCUT2D eigenvalue weighted by atomic mass is 79.9. The lowest BCUT2D eigenvalue weighted by Gasteiger charge is -1.99. The monoisotopic (exact) mass is 281 g/mol. The Balaban J connectivity index is 2.18. The molecule has 0 saturated heterocycles. The van der Waals surface area contributed by atoms with Crippen molar-refractivity contribution in [2.45, 2.75) is 19.4 Å². The second-order valence-corrected chi connectivity index (χ2v) is 4.46. The summed E-state index contributed by atoms with van der Waals surface area (Å²) in [5, 5.41) is 3.82. The van der Waals surface area contributed by atoms with Crippen LogP contribution in [0.25, 0.3) is 0 Å². The summed E-state index contributed by atoms with van der Waals surface area (Å²) in [6.07, 6.45) is 0.612. The summed E-state index contributed by atoms with van der Waals surface area (Å²) >= 11 is 3.47. The number of hydrogen-bond acceptors (Lipinski definition) is 4. The van der Waals surface area contributed by atoms with Gasteiger partial charge in [-0.2, -0.15) is 4.98 Å². The molecular weight excluding hydrogens is 270 g/mol. The van der Waals surface area contributed by atoms with Gasteiger partial charge in [0.05, 0.1) is 12.5 Å². The fourth-order valence-electron chi connectivity index (χ4n) is 1.33. The first kappa shape index (κ1) is 11.3. The van der Waals surface area contributed by atoms with Gasteiger partial charge < -0.3 is 10.3 Å². The van der Waals surface area contributed by atoms with Crippen molar-refractivity contribution in [2.75, 3.05) is 0 Å². The Kier molecular flexibility index (Phi) is 3.36. The van der Waals surface area contributed by atoms with E-state index in [4.69, 9.17) is 10.3 Å². The van der Waals surface area contributed by atoms with Crippen LogP contribution in [0.3, 0.4) is 0 Å². The Hall–Kier alpha value is -1.20. The molecule has 1 aromatic carbocycles. The summed E-state index contributed by atoms with van der Waals surface area (Å²) < 4.78 is 6.16. The normalized spacial score (nSPS) is 12.7. The maximum Gasteiger partial charge on any atom is 0.231 e. The van der Waals surface area contributed by atoms with Gasteiger partial charge in [-0.1, -0.05) is 39.3 Å². The van der Waals surface area contributed by atoms with Crippen LogP contribution in [0, 0.1) is 0 Å². The van der Waals surface area contributed by atoms with Crippen LogP contribution in [0.1, 0.15) is 30.2 Å². The van der Waals surface area contributed by atoms with Crippen LogP contribution in [0.2, 0.25) is 0 Å². The van der Waals surface area contributed by atoms with Crippen LogP contribution in [0.15, 0.2) is 33.3 Å². The zero-order valence-corrected chi connectivity index (χ0v) is 10.4. The van der Waals surface area contributed by atoms with Crippen molar-refractivity contribution in [3.63, 3.8) is 0 Å². The van der Waals surface area contributed by atoms with Crippen LogP contribution in [-0.4, -0.2) is 10.1 Å². The molecule has 4 nitrogen and oxygen atoms in total. The largest absolute Gasteiger partial charge is 0.339 e. The van der Waals surface area contributed by atoms with Gasteiger partial charge in [0.1, 0.15) is 0 Å². The quantitative estimate of drug-likeness (QED) is 0.939. The highest BCUT2D eigenvalue weighted by Crippen LogP contribution is 2.19. The van der Waals surface area contributed by atoms with Crippen molar-refractivity contribution in [1.82, 2.24) is 10.1 Å². The number of benzene rings is 1. The maximum absolute atomic E-state index is 5.66. The van der Waals surface area contributed by atoms with Gasteiger partial charge in [-0.05, 0) is 18.6 Å². The Morgan fingerprint density at radius 1 is 1.44 bits per heavy atom. The van der Waals surface area contributed by atoms with Crippen molar-refractivity contribution >= 4 is 15.9 Å². The molecule has 1 unspecified atom stereocenters. The van der Waals surface area contributed by atoms with Gasteiger partial charge >= 0.3 is 0 Å². The highest BCUT2D eigenvalue weighted by molar-refractivity contribution is 9.10. The molecule has 1 atom stereocenters. The lowest BCUT2D eigenvalue weighted by molar-refractivity contribution is 0.376. The van der Waals surface area contributed by atoms with E-state index in [2.05, 4.69) is 26.1 Å². The van der Waals surface area contributed by atoms with E-state index in [1.807, 2.05) is 31.2 Å². The lowest BCUT2D eigenvalue weighted by atomic mass is 10.1. The first-order chi connectivity index (χ1) is 7.66. The van der Waals surface area contributed by atoms with Gasteiger partial charge in [0.25, 0.3) is 0 Å². The van der Waals surface area contributed by atoms with Gasteiger partial charge in [0.2, 0.25) is 5.89 Å². The van der Waals surface area contributed by atoms with Crippen LogP contribution in [0.5, 0.6) is 0 Å². The van der Waals surface area contributed by atoms with Crippen molar-refractivity contribution in [1.29, 1.82) is 0 Å². The van der Waals surface area contributed by atoms with Crippen LogP contribution < -0.4 is 5.73 Å². The summed E-state index contributed by atoms with van der Waals surface area (Å²) in [4.78, 5) is 4.22. The van der Waals surface area contributed by atoms with Gasteiger partial charge in [-0.3, -0.25) is 0 Å². The number of aromatic nitrogens is 2. The molecule has 0 radical (unpaired) electrons. The van der Waals surface area contributed by atoms with Crippen LogP contribution in [0.4, 0.5) is 0 Å². The number of hydrogen-bond donors (Lipinski definition) is 1. The minimum Gasteiger partial charge on any atom is -0.339 e.